The minimum atomic E-state index is -0.236. The lowest BCUT2D eigenvalue weighted by Gasteiger charge is -1.90. The van der Waals surface area contributed by atoms with Crippen molar-refractivity contribution < 1.29 is 14.3 Å². The van der Waals surface area contributed by atoms with Crippen LogP contribution in [-0.2, 0) is 0 Å². The highest BCUT2D eigenvalue weighted by Gasteiger charge is 2.13. The van der Waals surface area contributed by atoms with E-state index in [4.69, 9.17) is 9.52 Å². The molecule has 0 radical (unpaired) electrons. The van der Waals surface area contributed by atoms with Gasteiger partial charge in [-0.1, -0.05) is 6.07 Å². The van der Waals surface area contributed by atoms with E-state index in [1.807, 2.05) is 5.38 Å². The summed E-state index contributed by atoms with van der Waals surface area (Å²) in [5.74, 6) is -0.268. The number of furan rings is 1. The highest BCUT2D eigenvalue weighted by atomic mass is 32.1. The van der Waals surface area contributed by atoms with Crippen molar-refractivity contribution in [1.82, 2.24) is 0 Å². The fourth-order valence-corrected chi connectivity index (χ4v) is 1.65. The Labute approximate surface area is 78.2 Å². The molecule has 2 rings (SSSR count). The minimum Gasteiger partial charge on any atom is -0.481 e. The van der Waals surface area contributed by atoms with E-state index in [1.165, 1.54) is 23.5 Å². The van der Waals surface area contributed by atoms with Gasteiger partial charge in [-0.05, 0) is 17.5 Å². The molecule has 0 fully saturated rings. The normalized spacial score (nSPS) is 10.2. The molecule has 0 bridgehead atoms. The van der Waals surface area contributed by atoms with Crippen LogP contribution in [0, 0.1) is 0 Å². The number of hydrogen-bond donors (Lipinski definition) is 1. The quantitative estimate of drug-likeness (QED) is 0.746. The number of hydrogen-bond acceptors (Lipinski definition) is 4. The van der Waals surface area contributed by atoms with Crippen LogP contribution in [0.25, 0.3) is 0 Å². The molecule has 0 atom stereocenters. The molecule has 0 saturated carbocycles. The Morgan fingerprint density at radius 1 is 1.38 bits per heavy atom. The third-order valence-corrected chi connectivity index (χ3v) is 2.43. The second kappa shape index (κ2) is 3.06. The molecule has 0 amide bonds. The molecule has 4 heteroatoms. The Morgan fingerprint density at radius 3 is 2.77 bits per heavy atom. The molecule has 0 aliphatic heterocycles. The summed E-state index contributed by atoms with van der Waals surface area (Å²) < 4.78 is 4.78. The number of ketones is 1. The number of rotatable bonds is 2. The summed E-state index contributed by atoms with van der Waals surface area (Å²) in [5.41, 5.74) is 0. The molecule has 2 aromatic rings. The highest BCUT2D eigenvalue weighted by Crippen LogP contribution is 2.19. The molecule has 2 heterocycles. The number of carbonyl (C=O) groups is 1. The van der Waals surface area contributed by atoms with E-state index in [9.17, 15) is 4.79 Å². The van der Waals surface area contributed by atoms with E-state index in [-0.39, 0.29) is 17.5 Å². The van der Waals surface area contributed by atoms with Crippen molar-refractivity contribution in [1.29, 1.82) is 0 Å². The van der Waals surface area contributed by atoms with Gasteiger partial charge in [0.1, 0.15) is 0 Å². The van der Waals surface area contributed by atoms with Crippen molar-refractivity contribution in [3.8, 4) is 5.95 Å². The molecule has 0 saturated heterocycles. The minimum absolute atomic E-state index is 0.167. The Balaban J connectivity index is 2.33. The van der Waals surface area contributed by atoms with Crippen LogP contribution in [0.1, 0.15) is 15.4 Å². The zero-order valence-electron chi connectivity index (χ0n) is 6.56. The summed E-state index contributed by atoms with van der Waals surface area (Å²) in [5, 5.41) is 10.7. The topological polar surface area (TPSA) is 50.4 Å². The molecule has 13 heavy (non-hydrogen) atoms. The first-order valence-corrected chi connectivity index (χ1v) is 4.52. The summed E-state index contributed by atoms with van der Waals surface area (Å²) in [4.78, 5) is 12.1. The standard InChI is InChI=1S/C9H6O3S/c10-8-4-3-6(12-8)9(11)7-2-1-5-13-7/h1-5,10H. The maximum Gasteiger partial charge on any atom is 0.282 e. The molecule has 0 aromatic carbocycles. The van der Waals surface area contributed by atoms with Crippen LogP contribution in [0.15, 0.2) is 34.1 Å². The van der Waals surface area contributed by atoms with Gasteiger partial charge in [0.2, 0.25) is 5.78 Å². The SMILES string of the molecule is O=C(c1ccc(O)o1)c1cccs1. The molecule has 2 aromatic heterocycles. The maximum atomic E-state index is 11.5. The number of thiophene rings is 1. The second-order valence-corrected chi connectivity index (χ2v) is 3.39. The lowest BCUT2D eigenvalue weighted by Crippen LogP contribution is -1.95. The number of carbonyl (C=O) groups excluding carboxylic acids is 1. The van der Waals surface area contributed by atoms with Crippen molar-refractivity contribution >= 4 is 17.1 Å². The maximum absolute atomic E-state index is 11.5. The van der Waals surface area contributed by atoms with Crippen LogP contribution in [0.2, 0.25) is 0 Å². The van der Waals surface area contributed by atoms with Crippen LogP contribution in [0.3, 0.4) is 0 Å². The first kappa shape index (κ1) is 8.07. The predicted molar refractivity (Wildman–Crippen MR) is 48.1 cm³/mol. The van der Waals surface area contributed by atoms with E-state index in [0.29, 0.717) is 4.88 Å². The molecule has 0 spiro atoms. The van der Waals surface area contributed by atoms with Gasteiger partial charge in [0.15, 0.2) is 5.76 Å². The molecular formula is C9H6O3S. The molecule has 0 aliphatic rings. The third kappa shape index (κ3) is 1.48. The zero-order valence-corrected chi connectivity index (χ0v) is 7.38. The molecule has 66 valence electrons. The Hall–Kier alpha value is -1.55. The van der Waals surface area contributed by atoms with Crippen LogP contribution < -0.4 is 0 Å². The van der Waals surface area contributed by atoms with Crippen molar-refractivity contribution in [3.05, 3.63) is 40.3 Å². The Morgan fingerprint density at radius 2 is 2.23 bits per heavy atom. The van der Waals surface area contributed by atoms with E-state index in [2.05, 4.69) is 0 Å². The summed E-state index contributed by atoms with van der Waals surface area (Å²) in [7, 11) is 0. The van der Waals surface area contributed by atoms with E-state index in [1.54, 1.807) is 12.1 Å². The van der Waals surface area contributed by atoms with Gasteiger partial charge >= 0.3 is 0 Å². The Bertz CT molecular complexity index is 414. The largest absolute Gasteiger partial charge is 0.481 e. The van der Waals surface area contributed by atoms with Gasteiger partial charge in [-0.15, -0.1) is 11.3 Å². The van der Waals surface area contributed by atoms with Gasteiger partial charge < -0.3 is 9.52 Å². The van der Waals surface area contributed by atoms with Gasteiger partial charge in [0.25, 0.3) is 5.95 Å². The van der Waals surface area contributed by atoms with Crippen molar-refractivity contribution in [2.75, 3.05) is 0 Å². The van der Waals surface area contributed by atoms with Gasteiger partial charge in [0.05, 0.1) is 4.88 Å². The van der Waals surface area contributed by atoms with Crippen molar-refractivity contribution in [2.45, 2.75) is 0 Å². The monoisotopic (exact) mass is 194 g/mol. The van der Waals surface area contributed by atoms with Crippen LogP contribution >= 0.6 is 11.3 Å². The molecule has 0 aliphatic carbocycles. The summed E-state index contributed by atoms with van der Waals surface area (Å²) >= 11 is 1.34. The van der Waals surface area contributed by atoms with Crippen LogP contribution in [0.5, 0.6) is 5.95 Å². The van der Waals surface area contributed by atoms with Crippen LogP contribution in [0.4, 0.5) is 0 Å². The molecule has 3 nitrogen and oxygen atoms in total. The zero-order chi connectivity index (χ0) is 9.26. The molecular weight excluding hydrogens is 188 g/mol. The lowest BCUT2D eigenvalue weighted by atomic mass is 10.2. The fourth-order valence-electron chi connectivity index (χ4n) is 0.979. The lowest BCUT2D eigenvalue weighted by molar-refractivity contribution is 0.101. The average molecular weight is 194 g/mol. The van der Waals surface area contributed by atoms with Crippen molar-refractivity contribution in [2.24, 2.45) is 0 Å². The van der Waals surface area contributed by atoms with E-state index >= 15 is 0 Å². The summed E-state index contributed by atoms with van der Waals surface area (Å²) in [6, 6.07) is 6.31. The average Bonchev–Trinajstić information content (AvgIpc) is 2.72. The second-order valence-electron chi connectivity index (χ2n) is 2.44. The summed E-state index contributed by atoms with van der Waals surface area (Å²) in [6.45, 7) is 0. The first-order chi connectivity index (χ1) is 6.27. The third-order valence-electron chi connectivity index (χ3n) is 1.56. The Kier molecular flexibility index (Phi) is 1.90. The van der Waals surface area contributed by atoms with Gasteiger partial charge in [-0.3, -0.25) is 4.79 Å². The van der Waals surface area contributed by atoms with Crippen LogP contribution in [-0.4, -0.2) is 10.9 Å². The van der Waals surface area contributed by atoms with E-state index in [0.717, 1.165) is 0 Å². The number of aromatic hydroxyl groups is 1. The van der Waals surface area contributed by atoms with Gasteiger partial charge in [0, 0.05) is 6.07 Å². The summed E-state index contributed by atoms with van der Waals surface area (Å²) in [6.07, 6.45) is 0. The van der Waals surface area contributed by atoms with Crippen molar-refractivity contribution in [3.63, 3.8) is 0 Å². The van der Waals surface area contributed by atoms with Gasteiger partial charge in [-0.25, -0.2) is 0 Å². The van der Waals surface area contributed by atoms with E-state index < -0.39 is 0 Å². The fraction of sp³-hybridized carbons (Fsp3) is 0. The highest BCUT2D eigenvalue weighted by molar-refractivity contribution is 7.12. The predicted octanol–water partition coefficient (Wildman–Crippen LogP) is 2.28. The van der Waals surface area contributed by atoms with Gasteiger partial charge in [-0.2, -0.15) is 0 Å². The first-order valence-electron chi connectivity index (χ1n) is 3.64. The molecule has 0 unspecified atom stereocenters. The molecule has 1 N–H and O–H groups in total. The smallest absolute Gasteiger partial charge is 0.282 e.